The molecule has 0 aliphatic rings. The van der Waals surface area contributed by atoms with Crippen molar-refractivity contribution in [3.8, 4) is 11.4 Å². The van der Waals surface area contributed by atoms with Gasteiger partial charge in [0.15, 0.2) is 0 Å². The first-order chi connectivity index (χ1) is 11.7. The first kappa shape index (κ1) is 16.5. The number of benzene rings is 2. The molecule has 0 aliphatic carbocycles. The zero-order chi connectivity index (χ0) is 16.8. The van der Waals surface area contributed by atoms with Crippen molar-refractivity contribution < 1.29 is 9.84 Å². The Bertz CT molecular complexity index is 762. The maximum atomic E-state index is 10.1. The average Bonchev–Trinajstić information content (AvgIpc) is 3.08. The Morgan fingerprint density at radius 1 is 1.12 bits per heavy atom. The number of ether oxygens (including phenoxy) is 1. The molecule has 0 fully saturated rings. The Morgan fingerprint density at radius 3 is 2.62 bits per heavy atom. The molecule has 1 atom stereocenters. The number of thioether (sulfide) groups is 1. The Labute approximate surface area is 144 Å². The van der Waals surface area contributed by atoms with Gasteiger partial charge in [-0.1, -0.05) is 47.7 Å². The lowest BCUT2D eigenvalue weighted by Crippen LogP contribution is -2.20. The summed E-state index contributed by atoms with van der Waals surface area (Å²) in [7, 11) is 0. The lowest BCUT2D eigenvalue weighted by Gasteiger charge is -2.11. The van der Waals surface area contributed by atoms with Crippen molar-refractivity contribution >= 4 is 11.8 Å². The van der Waals surface area contributed by atoms with Crippen LogP contribution >= 0.6 is 11.8 Å². The number of nitrogens with zero attached hydrogens (tertiary/aromatic N) is 4. The standard InChI is InChI=1S/C17H18N4O2S/c1-13-7-9-14(10-8-13)21-17(18-19-20-21)24-12-15(22)11-23-16-5-3-2-4-6-16/h2-10,15,22H,11-12H2,1H3/t15-/m1/s1. The van der Waals surface area contributed by atoms with Crippen LogP contribution in [0.2, 0.25) is 0 Å². The molecule has 0 saturated heterocycles. The number of aromatic nitrogens is 4. The first-order valence-corrected chi connectivity index (χ1v) is 8.55. The van der Waals surface area contributed by atoms with Crippen molar-refractivity contribution in [2.75, 3.05) is 12.4 Å². The topological polar surface area (TPSA) is 73.1 Å². The number of para-hydroxylation sites is 1. The summed E-state index contributed by atoms with van der Waals surface area (Å²) in [6, 6.07) is 17.4. The molecule has 3 rings (SSSR count). The molecule has 124 valence electrons. The number of aliphatic hydroxyl groups excluding tert-OH is 1. The van der Waals surface area contributed by atoms with Gasteiger partial charge in [-0.2, -0.15) is 4.68 Å². The second kappa shape index (κ2) is 7.94. The molecule has 0 radical (unpaired) electrons. The van der Waals surface area contributed by atoms with Gasteiger partial charge in [0.2, 0.25) is 5.16 Å². The number of tetrazole rings is 1. The summed E-state index contributed by atoms with van der Waals surface area (Å²) in [5.74, 6) is 1.19. The fourth-order valence-electron chi connectivity index (χ4n) is 2.04. The van der Waals surface area contributed by atoms with Crippen LogP contribution in [0.4, 0.5) is 0 Å². The summed E-state index contributed by atoms with van der Waals surface area (Å²) in [5, 5.41) is 22.5. The highest BCUT2D eigenvalue weighted by molar-refractivity contribution is 7.99. The molecule has 1 N–H and O–H groups in total. The van der Waals surface area contributed by atoms with Gasteiger partial charge in [-0.15, -0.1) is 5.10 Å². The third-order valence-corrected chi connectivity index (χ3v) is 4.37. The number of hydrogen-bond donors (Lipinski definition) is 1. The molecule has 6 nitrogen and oxygen atoms in total. The van der Waals surface area contributed by atoms with Crippen LogP contribution < -0.4 is 4.74 Å². The minimum absolute atomic E-state index is 0.225. The summed E-state index contributed by atoms with van der Waals surface area (Å²) >= 11 is 1.39. The van der Waals surface area contributed by atoms with E-state index in [4.69, 9.17) is 4.74 Å². The van der Waals surface area contributed by atoms with Crippen molar-refractivity contribution in [2.24, 2.45) is 0 Å². The van der Waals surface area contributed by atoms with Crippen LogP contribution in [0, 0.1) is 6.92 Å². The molecule has 2 aromatic carbocycles. The Morgan fingerprint density at radius 2 is 1.88 bits per heavy atom. The molecule has 24 heavy (non-hydrogen) atoms. The summed E-state index contributed by atoms with van der Waals surface area (Å²) < 4.78 is 7.21. The zero-order valence-corrected chi connectivity index (χ0v) is 14.1. The Hall–Kier alpha value is -2.38. The fourth-order valence-corrected chi connectivity index (χ4v) is 2.84. The molecular weight excluding hydrogens is 324 g/mol. The monoisotopic (exact) mass is 342 g/mol. The molecule has 3 aromatic rings. The van der Waals surface area contributed by atoms with E-state index in [0.29, 0.717) is 10.9 Å². The van der Waals surface area contributed by atoms with Gasteiger partial charge in [-0.25, -0.2) is 0 Å². The van der Waals surface area contributed by atoms with E-state index in [1.807, 2.05) is 61.5 Å². The van der Waals surface area contributed by atoms with Gasteiger partial charge < -0.3 is 9.84 Å². The molecule has 7 heteroatoms. The summed E-state index contributed by atoms with van der Waals surface area (Å²) in [5.41, 5.74) is 2.07. The molecule has 0 spiro atoms. The smallest absolute Gasteiger partial charge is 0.214 e. The highest BCUT2D eigenvalue weighted by atomic mass is 32.2. The van der Waals surface area contributed by atoms with Crippen LogP contribution in [0.15, 0.2) is 59.8 Å². The van der Waals surface area contributed by atoms with Gasteiger partial charge in [0.1, 0.15) is 12.4 Å². The van der Waals surface area contributed by atoms with Crippen LogP contribution in [0.3, 0.4) is 0 Å². The summed E-state index contributed by atoms with van der Waals surface area (Å²) in [4.78, 5) is 0. The van der Waals surface area contributed by atoms with Gasteiger partial charge in [0.05, 0.1) is 11.8 Å². The van der Waals surface area contributed by atoms with Gasteiger partial charge in [0.25, 0.3) is 0 Å². The third-order valence-electron chi connectivity index (χ3n) is 3.31. The predicted molar refractivity (Wildman–Crippen MR) is 92.6 cm³/mol. The fraction of sp³-hybridized carbons (Fsp3) is 0.235. The van der Waals surface area contributed by atoms with Gasteiger partial charge >= 0.3 is 0 Å². The maximum absolute atomic E-state index is 10.1. The SMILES string of the molecule is Cc1ccc(-n2nnnc2SC[C@H](O)COc2ccccc2)cc1. The second-order valence-electron chi connectivity index (χ2n) is 5.30. The van der Waals surface area contributed by atoms with E-state index in [1.165, 1.54) is 17.3 Å². The molecular formula is C17H18N4O2S. The highest BCUT2D eigenvalue weighted by Crippen LogP contribution is 2.19. The van der Waals surface area contributed by atoms with Crippen LogP contribution in [0.5, 0.6) is 5.75 Å². The average molecular weight is 342 g/mol. The molecule has 0 unspecified atom stereocenters. The Balaban J connectivity index is 1.55. The van der Waals surface area contributed by atoms with E-state index in [0.717, 1.165) is 11.4 Å². The van der Waals surface area contributed by atoms with Gasteiger partial charge in [0, 0.05) is 5.75 Å². The highest BCUT2D eigenvalue weighted by Gasteiger charge is 2.12. The van der Waals surface area contributed by atoms with Crippen LogP contribution in [0.25, 0.3) is 5.69 Å². The molecule has 1 heterocycles. The predicted octanol–water partition coefficient (Wildman–Crippen LogP) is 2.50. The third kappa shape index (κ3) is 4.33. The van der Waals surface area contributed by atoms with Crippen molar-refractivity contribution in [1.29, 1.82) is 0 Å². The first-order valence-electron chi connectivity index (χ1n) is 7.56. The van der Waals surface area contributed by atoms with Crippen molar-refractivity contribution in [3.05, 3.63) is 60.2 Å². The van der Waals surface area contributed by atoms with Crippen molar-refractivity contribution in [1.82, 2.24) is 20.2 Å². The molecule has 0 aliphatic heterocycles. The number of aryl methyl sites for hydroxylation is 1. The lowest BCUT2D eigenvalue weighted by atomic mass is 10.2. The molecule has 0 amide bonds. The van der Waals surface area contributed by atoms with Crippen LogP contribution in [0.1, 0.15) is 5.56 Å². The van der Waals surface area contributed by atoms with Crippen molar-refractivity contribution in [3.63, 3.8) is 0 Å². The van der Waals surface area contributed by atoms with E-state index in [-0.39, 0.29) is 6.61 Å². The van der Waals surface area contributed by atoms with Crippen molar-refractivity contribution in [2.45, 2.75) is 18.2 Å². The summed E-state index contributed by atoms with van der Waals surface area (Å²) in [6.45, 7) is 2.26. The van der Waals surface area contributed by atoms with E-state index >= 15 is 0 Å². The lowest BCUT2D eigenvalue weighted by molar-refractivity contribution is 0.126. The molecule has 0 bridgehead atoms. The number of aliphatic hydroxyl groups is 1. The molecule has 1 aromatic heterocycles. The second-order valence-corrected chi connectivity index (χ2v) is 6.28. The van der Waals surface area contributed by atoms with Crippen LogP contribution in [-0.4, -0.2) is 43.8 Å². The normalized spacial score (nSPS) is 12.1. The van der Waals surface area contributed by atoms with Crippen LogP contribution in [-0.2, 0) is 0 Å². The van der Waals surface area contributed by atoms with E-state index in [9.17, 15) is 5.11 Å². The number of rotatable bonds is 7. The largest absolute Gasteiger partial charge is 0.491 e. The summed E-state index contributed by atoms with van der Waals surface area (Å²) in [6.07, 6.45) is -0.613. The maximum Gasteiger partial charge on any atom is 0.214 e. The van der Waals surface area contributed by atoms with Gasteiger partial charge in [-0.05, 0) is 41.6 Å². The van der Waals surface area contributed by atoms with E-state index in [2.05, 4.69) is 15.5 Å². The minimum Gasteiger partial charge on any atom is -0.491 e. The molecule has 0 saturated carbocycles. The van der Waals surface area contributed by atoms with Gasteiger partial charge in [-0.3, -0.25) is 0 Å². The van der Waals surface area contributed by atoms with E-state index < -0.39 is 6.10 Å². The van der Waals surface area contributed by atoms with E-state index in [1.54, 1.807) is 4.68 Å². The zero-order valence-electron chi connectivity index (χ0n) is 13.2. The minimum atomic E-state index is -0.613. The Kier molecular flexibility index (Phi) is 5.45. The number of hydrogen-bond acceptors (Lipinski definition) is 6. The quantitative estimate of drug-likeness (QED) is 0.665.